The van der Waals surface area contributed by atoms with E-state index in [-0.39, 0.29) is 12.1 Å². The number of carbonyl (C=O) groups is 1. The zero-order valence-electron chi connectivity index (χ0n) is 18.2. The Bertz CT molecular complexity index is 1030. The lowest BCUT2D eigenvalue weighted by atomic mass is 9.58. The molecule has 1 amide bonds. The molecule has 0 radical (unpaired) electrons. The Balaban J connectivity index is 1.60. The minimum absolute atomic E-state index is 0.0371. The minimum Gasteiger partial charge on any atom is -0.399 e. The van der Waals surface area contributed by atoms with Crippen molar-refractivity contribution in [2.75, 3.05) is 0 Å². The van der Waals surface area contributed by atoms with Crippen LogP contribution in [0.1, 0.15) is 49.2 Å². The highest BCUT2D eigenvalue weighted by molar-refractivity contribution is 6.62. The Morgan fingerprint density at radius 1 is 1.00 bits per heavy atom. The van der Waals surface area contributed by atoms with Gasteiger partial charge in [0.1, 0.15) is 27.3 Å². The maximum Gasteiger partial charge on any atom is 0.494 e. The first-order valence-electron chi connectivity index (χ1n) is 10.1. The summed E-state index contributed by atoms with van der Waals surface area (Å²) >= 11 is 0. The smallest absolute Gasteiger partial charge is 0.399 e. The van der Waals surface area contributed by atoms with Gasteiger partial charge in [0.25, 0.3) is 5.91 Å². The number of benzene rings is 2. The molecule has 2 aliphatic rings. The average molecular weight is 409 g/mol. The van der Waals surface area contributed by atoms with E-state index < -0.39 is 41.2 Å². The summed E-state index contributed by atoms with van der Waals surface area (Å²) in [4.78, 5) is 14.4. The maximum absolute atomic E-state index is 15.0. The molecule has 0 N–H and O–H groups in total. The van der Waals surface area contributed by atoms with Gasteiger partial charge in [0, 0.05) is 17.4 Å². The zero-order valence-corrected chi connectivity index (χ0v) is 18.2. The Labute approximate surface area is 177 Å². The van der Waals surface area contributed by atoms with Crippen LogP contribution in [0.25, 0.3) is 0 Å². The van der Waals surface area contributed by atoms with Crippen molar-refractivity contribution in [2.45, 2.75) is 50.8 Å². The second kappa shape index (κ2) is 6.69. The van der Waals surface area contributed by atoms with Crippen LogP contribution in [0.2, 0.25) is 0 Å². The van der Waals surface area contributed by atoms with Crippen molar-refractivity contribution >= 4 is 34.2 Å². The monoisotopic (exact) mass is 409 g/mol. The van der Waals surface area contributed by atoms with Crippen molar-refractivity contribution in [3.63, 3.8) is 0 Å². The van der Waals surface area contributed by atoms with E-state index in [9.17, 15) is 9.18 Å². The molecule has 4 nitrogen and oxygen atoms in total. The normalized spacial score (nSPS) is 21.2. The van der Waals surface area contributed by atoms with Gasteiger partial charge in [0.05, 0.1) is 16.8 Å². The number of hydrogen-bond acceptors (Lipinski definition) is 3. The molecule has 0 aliphatic carbocycles. The summed E-state index contributed by atoms with van der Waals surface area (Å²) in [5, 5.41) is -0.745. The number of amides is 1. The van der Waals surface area contributed by atoms with Crippen LogP contribution in [-0.2, 0) is 21.2 Å². The molecule has 9 heteroatoms. The van der Waals surface area contributed by atoms with E-state index in [4.69, 9.17) is 9.31 Å². The zero-order chi connectivity index (χ0) is 22.1. The Morgan fingerprint density at radius 3 is 2.20 bits per heavy atom. The Morgan fingerprint density at radius 2 is 1.63 bits per heavy atom. The van der Waals surface area contributed by atoms with Crippen LogP contribution in [0.3, 0.4) is 0 Å². The summed E-state index contributed by atoms with van der Waals surface area (Å²) in [7, 11) is 3.02. The number of halogens is 2. The van der Waals surface area contributed by atoms with Crippen LogP contribution in [-0.4, -0.2) is 44.8 Å². The van der Waals surface area contributed by atoms with Gasteiger partial charge >= 0.3 is 7.12 Å². The average Bonchev–Trinajstić information content (AvgIpc) is 2.98. The molecule has 1 fully saturated rings. The third-order valence-electron chi connectivity index (χ3n) is 6.74. The number of fused-ring (bicyclic) bond motifs is 1. The van der Waals surface area contributed by atoms with Gasteiger partial charge in [-0.15, -0.1) is 0 Å². The van der Waals surface area contributed by atoms with Gasteiger partial charge in [-0.05, 0) is 50.9 Å². The van der Waals surface area contributed by atoms with Crippen LogP contribution < -0.4 is 5.46 Å². The summed E-state index contributed by atoms with van der Waals surface area (Å²) in [6.45, 7) is 7.80. The molecular formula is C21H24B3F2NO3. The first-order chi connectivity index (χ1) is 13.8. The summed E-state index contributed by atoms with van der Waals surface area (Å²) in [6.07, 6.45) is 0. The van der Waals surface area contributed by atoms with Gasteiger partial charge in [0.2, 0.25) is 0 Å². The largest absolute Gasteiger partial charge is 0.494 e. The van der Waals surface area contributed by atoms with Crippen molar-refractivity contribution in [3.8, 4) is 0 Å². The summed E-state index contributed by atoms with van der Waals surface area (Å²) in [6, 6.07) is 9.38. The predicted molar refractivity (Wildman–Crippen MR) is 117 cm³/mol. The van der Waals surface area contributed by atoms with Gasteiger partial charge in [0.15, 0.2) is 0 Å². The standard InChI is InChI=1S/C21H24B3F2NO3/c1-19(2)20(3,4)30-24(29-19)13-9-8-12(16(26)10-13)11-27-18(28)17-14(21(27,22)23)6-5-7-15(17)25/h5-10H,11,22-23H2,1-4H3. The molecule has 2 aromatic rings. The van der Waals surface area contributed by atoms with Gasteiger partial charge in [-0.3, -0.25) is 4.79 Å². The van der Waals surface area contributed by atoms with E-state index in [2.05, 4.69) is 0 Å². The second-order valence-electron chi connectivity index (χ2n) is 9.55. The molecule has 1 saturated heterocycles. The third-order valence-corrected chi connectivity index (χ3v) is 6.74. The van der Waals surface area contributed by atoms with Gasteiger partial charge in [-0.1, -0.05) is 24.3 Å². The molecule has 2 heterocycles. The molecule has 0 spiro atoms. The lowest BCUT2D eigenvalue weighted by Gasteiger charge is -2.33. The van der Waals surface area contributed by atoms with Crippen LogP contribution in [0.5, 0.6) is 0 Å². The molecule has 0 atom stereocenters. The molecular weight excluding hydrogens is 385 g/mol. The molecule has 2 aliphatic heterocycles. The molecule has 0 unspecified atom stereocenters. The van der Waals surface area contributed by atoms with Crippen molar-refractivity contribution in [1.82, 2.24) is 4.90 Å². The van der Waals surface area contributed by atoms with Gasteiger partial charge in [-0.2, -0.15) is 0 Å². The fraction of sp³-hybridized carbons (Fsp3) is 0.381. The van der Waals surface area contributed by atoms with Crippen molar-refractivity contribution < 1.29 is 22.9 Å². The molecule has 2 aromatic carbocycles. The highest BCUT2D eigenvalue weighted by Crippen LogP contribution is 2.38. The lowest BCUT2D eigenvalue weighted by Crippen LogP contribution is -2.44. The van der Waals surface area contributed by atoms with Gasteiger partial charge in [-0.25, -0.2) is 8.78 Å². The van der Waals surface area contributed by atoms with Crippen molar-refractivity contribution in [3.05, 3.63) is 64.7 Å². The Hall–Kier alpha value is -2.12. The lowest BCUT2D eigenvalue weighted by molar-refractivity contribution is 0.00578. The summed E-state index contributed by atoms with van der Waals surface area (Å²) < 4.78 is 41.3. The number of carbonyl (C=O) groups excluding carboxylic acids is 1. The quantitative estimate of drug-likeness (QED) is 0.719. The van der Waals surface area contributed by atoms with Crippen molar-refractivity contribution in [2.24, 2.45) is 0 Å². The first kappa shape index (κ1) is 21.1. The van der Waals surface area contributed by atoms with E-state index in [1.54, 1.807) is 24.3 Å². The highest BCUT2D eigenvalue weighted by atomic mass is 19.1. The van der Waals surface area contributed by atoms with Crippen LogP contribution >= 0.6 is 0 Å². The fourth-order valence-electron chi connectivity index (χ4n) is 4.04. The molecule has 4 rings (SSSR count). The van der Waals surface area contributed by atoms with Gasteiger partial charge < -0.3 is 14.2 Å². The van der Waals surface area contributed by atoms with E-state index in [0.29, 0.717) is 16.6 Å². The van der Waals surface area contributed by atoms with E-state index in [0.717, 1.165) is 0 Å². The first-order valence-corrected chi connectivity index (χ1v) is 10.1. The maximum atomic E-state index is 15.0. The van der Waals surface area contributed by atoms with Crippen LogP contribution in [0.15, 0.2) is 36.4 Å². The number of hydrogen-bond donors (Lipinski definition) is 0. The van der Waals surface area contributed by atoms with Crippen molar-refractivity contribution in [1.29, 1.82) is 0 Å². The Kier molecular flexibility index (Phi) is 4.71. The highest BCUT2D eigenvalue weighted by Gasteiger charge is 2.52. The van der Waals surface area contributed by atoms with Crippen LogP contribution in [0.4, 0.5) is 8.78 Å². The molecule has 0 saturated carbocycles. The fourth-order valence-corrected chi connectivity index (χ4v) is 4.04. The molecule has 30 heavy (non-hydrogen) atoms. The van der Waals surface area contributed by atoms with E-state index in [1.807, 2.05) is 43.4 Å². The summed E-state index contributed by atoms with van der Waals surface area (Å²) in [5.74, 6) is -1.44. The molecule has 154 valence electrons. The number of nitrogens with zero attached hydrogens (tertiary/aromatic N) is 1. The number of rotatable bonds is 3. The predicted octanol–water partition coefficient (Wildman–Crippen LogP) is 1.30. The van der Waals surface area contributed by atoms with E-state index >= 15 is 4.39 Å². The minimum atomic E-state index is -0.745. The third kappa shape index (κ3) is 3.10. The molecule has 0 aromatic heterocycles. The topological polar surface area (TPSA) is 38.8 Å². The molecule has 0 bridgehead atoms. The second-order valence-corrected chi connectivity index (χ2v) is 9.55. The summed E-state index contributed by atoms with van der Waals surface area (Å²) in [5.41, 5.74) is 0.572. The van der Waals surface area contributed by atoms with Crippen LogP contribution in [0, 0.1) is 11.6 Å². The SMILES string of the molecule is BC1(B)c2cccc(F)c2C(=O)N1Cc1ccc(B2OC(C)(C)C(C)(C)O2)cc1F. The van der Waals surface area contributed by atoms with E-state index in [1.165, 1.54) is 17.0 Å².